The minimum atomic E-state index is -0.134. The molecule has 0 bridgehead atoms. The molecule has 1 amide bonds. The van der Waals surface area contributed by atoms with Gasteiger partial charge in [-0.15, -0.1) is 0 Å². The number of aryl methyl sites for hydroxylation is 1. The largest absolute Gasteiger partial charge is 0.373 e. The van der Waals surface area contributed by atoms with Crippen LogP contribution in [-0.4, -0.2) is 55.0 Å². The van der Waals surface area contributed by atoms with Crippen LogP contribution in [0.1, 0.15) is 37.7 Å². The molecule has 144 valence electrons. The summed E-state index contributed by atoms with van der Waals surface area (Å²) in [7, 11) is 1.85. The first-order chi connectivity index (χ1) is 13.1. The van der Waals surface area contributed by atoms with Gasteiger partial charge < -0.3 is 14.7 Å². The third-order valence-corrected chi connectivity index (χ3v) is 5.79. The first kappa shape index (κ1) is 19.3. The van der Waals surface area contributed by atoms with Gasteiger partial charge in [0.25, 0.3) is 5.91 Å². The van der Waals surface area contributed by atoms with E-state index < -0.39 is 0 Å². The molecule has 0 atom stereocenters. The lowest BCUT2D eigenvalue weighted by molar-refractivity contribution is -0.128. The van der Waals surface area contributed by atoms with Crippen molar-refractivity contribution in [1.82, 2.24) is 9.80 Å². The third kappa shape index (κ3) is 4.82. The van der Waals surface area contributed by atoms with Gasteiger partial charge in [0.2, 0.25) is 0 Å². The van der Waals surface area contributed by atoms with Gasteiger partial charge in [0.1, 0.15) is 11.6 Å². The van der Waals surface area contributed by atoms with Crippen molar-refractivity contribution < 1.29 is 4.79 Å². The Morgan fingerprint density at radius 1 is 1.19 bits per heavy atom. The van der Waals surface area contributed by atoms with E-state index in [1.165, 1.54) is 30.5 Å². The average molecular weight is 367 g/mol. The molecule has 1 saturated heterocycles. The minimum absolute atomic E-state index is 0.134. The Hall–Kier alpha value is -2.48. The van der Waals surface area contributed by atoms with Gasteiger partial charge in [-0.05, 0) is 37.5 Å². The number of nitriles is 1. The molecule has 0 unspecified atom stereocenters. The number of anilines is 1. The number of carbonyl (C=O) groups is 1. The molecular weight excluding hydrogens is 336 g/mol. The molecule has 1 saturated carbocycles. The molecule has 3 rings (SSSR count). The van der Waals surface area contributed by atoms with Crippen molar-refractivity contribution in [3.05, 3.63) is 41.6 Å². The summed E-state index contributed by atoms with van der Waals surface area (Å²) in [5.74, 6) is -0.134. The summed E-state index contributed by atoms with van der Waals surface area (Å²) < 4.78 is 0. The lowest BCUT2D eigenvalue weighted by Gasteiger charge is -2.36. The van der Waals surface area contributed by atoms with Gasteiger partial charge in [-0.3, -0.25) is 4.79 Å². The van der Waals surface area contributed by atoms with Crippen LogP contribution < -0.4 is 4.90 Å². The monoisotopic (exact) mass is 366 g/mol. The maximum atomic E-state index is 12.8. The Balaban J connectivity index is 1.60. The number of carbonyl (C=O) groups excluding carboxylic acids is 1. The van der Waals surface area contributed by atoms with E-state index in [-0.39, 0.29) is 17.5 Å². The highest BCUT2D eigenvalue weighted by Crippen LogP contribution is 2.23. The molecule has 0 spiro atoms. The second-order valence-corrected chi connectivity index (χ2v) is 7.72. The van der Waals surface area contributed by atoms with E-state index in [0.717, 1.165) is 39.0 Å². The molecule has 2 fully saturated rings. The molecule has 1 aromatic carbocycles. The summed E-state index contributed by atoms with van der Waals surface area (Å²) in [4.78, 5) is 19.0. The molecule has 0 N–H and O–H groups in total. The van der Waals surface area contributed by atoms with Gasteiger partial charge in [-0.2, -0.15) is 5.26 Å². The van der Waals surface area contributed by atoms with Crippen LogP contribution in [0.4, 0.5) is 5.69 Å². The zero-order valence-corrected chi connectivity index (χ0v) is 16.5. The second kappa shape index (κ2) is 8.94. The average Bonchev–Trinajstić information content (AvgIpc) is 2.72. The Bertz CT molecular complexity index is 722. The molecule has 1 heterocycles. The van der Waals surface area contributed by atoms with Gasteiger partial charge in [0.05, 0.1) is 0 Å². The third-order valence-electron chi connectivity index (χ3n) is 5.79. The number of rotatable bonds is 4. The van der Waals surface area contributed by atoms with Crippen LogP contribution in [0.2, 0.25) is 0 Å². The van der Waals surface area contributed by atoms with Crippen LogP contribution >= 0.6 is 0 Å². The van der Waals surface area contributed by atoms with Crippen molar-refractivity contribution in [1.29, 1.82) is 5.26 Å². The lowest BCUT2D eigenvalue weighted by Crippen LogP contribution is -2.45. The Morgan fingerprint density at radius 3 is 2.52 bits per heavy atom. The fourth-order valence-corrected chi connectivity index (χ4v) is 4.07. The highest BCUT2D eigenvalue weighted by molar-refractivity contribution is 5.97. The maximum Gasteiger partial charge on any atom is 0.265 e. The number of hydrogen-bond acceptors (Lipinski definition) is 4. The summed E-state index contributed by atoms with van der Waals surface area (Å²) in [6, 6.07) is 11.0. The van der Waals surface area contributed by atoms with Gasteiger partial charge in [0, 0.05) is 51.2 Å². The SMILES string of the molecule is Cc1cccc(N2CCN(/C=C(/C#N)C(=O)N(C)C3CCCCC3)CC2)c1. The molecule has 1 aliphatic heterocycles. The van der Waals surface area contributed by atoms with E-state index in [9.17, 15) is 10.1 Å². The summed E-state index contributed by atoms with van der Waals surface area (Å²) in [6.07, 6.45) is 7.48. The standard InChI is InChI=1S/C22H30N4O/c1-18-7-6-10-21(15-18)26-13-11-25(12-14-26)17-19(16-23)22(27)24(2)20-8-4-3-5-9-20/h6-7,10,15,17,20H,3-5,8-9,11-14H2,1-2H3/b19-17-. The first-order valence-electron chi connectivity index (χ1n) is 10.0. The number of nitrogens with zero attached hydrogens (tertiary/aromatic N) is 4. The number of likely N-dealkylation sites (N-methyl/N-ethyl adjacent to an activating group) is 1. The molecular formula is C22H30N4O. The van der Waals surface area contributed by atoms with E-state index in [1.54, 1.807) is 11.1 Å². The predicted octanol–water partition coefficient (Wildman–Crippen LogP) is 3.32. The lowest BCUT2D eigenvalue weighted by atomic mass is 9.94. The topological polar surface area (TPSA) is 50.6 Å². The molecule has 0 aromatic heterocycles. The van der Waals surface area contributed by atoms with Crippen LogP contribution in [0.3, 0.4) is 0 Å². The normalized spacial score (nSPS) is 18.9. The summed E-state index contributed by atoms with van der Waals surface area (Å²) in [5.41, 5.74) is 2.76. The maximum absolute atomic E-state index is 12.8. The Labute approximate surface area is 162 Å². The van der Waals surface area contributed by atoms with Crippen LogP contribution in [0.15, 0.2) is 36.0 Å². The van der Waals surface area contributed by atoms with E-state index in [2.05, 4.69) is 47.1 Å². The molecule has 2 aliphatic rings. The number of benzene rings is 1. The van der Waals surface area contributed by atoms with Crippen molar-refractivity contribution >= 4 is 11.6 Å². The first-order valence-corrected chi connectivity index (χ1v) is 10.0. The second-order valence-electron chi connectivity index (χ2n) is 7.72. The fourth-order valence-electron chi connectivity index (χ4n) is 4.07. The van der Waals surface area contributed by atoms with Gasteiger partial charge in [0.15, 0.2) is 0 Å². The Kier molecular flexibility index (Phi) is 6.39. The van der Waals surface area contributed by atoms with Gasteiger partial charge >= 0.3 is 0 Å². The van der Waals surface area contributed by atoms with E-state index >= 15 is 0 Å². The number of piperazine rings is 1. The molecule has 1 aromatic rings. The van der Waals surface area contributed by atoms with Crippen molar-refractivity contribution in [2.24, 2.45) is 0 Å². The quantitative estimate of drug-likeness (QED) is 0.606. The highest BCUT2D eigenvalue weighted by Gasteiger charge is 2.25. The molecule has 1 aliphatic carbocycles. The summed E-state index contributed by atoms with van der Waals surface area (Å²) in [5, 5.41) is 9.53. The smallest absolute Gasteiger partial charge is 0.265 e. The van der Waals surface area contributed by atoms with E-state index in [4.69, 9.17) is 0 Å². The summed E-state index contributed by atoms with van der Waals surface area (Å²) >= 11 is 0. The minimum Gasteiger partial charge on any atom is -0.373 e. The van der Waals surface area contributed by atoms with Crippen LogP contribution in [0, 0.1) is 18.3 Å². The fraction of sp³-hybridized carbons (Fsp3) is 0.545. The van der Waals surface area contributed by atoms with Crippen molar-refractivity contribution in [3.63, 3.8) is 0 Å². The highest BCUT2D eigenvalue weighted by atomic mass is 16.2. The van der Waals surface area contributed by atoms with Gasteiger partial charge in [-0.25, -0.2) is 0 Å². The zero-order chi connectivity index (χ0) is 19.2. The molecule has 0 radical (unpaired) electrons. The molecule has 27 heavy (non-hydrogen) atoms. The van der Waals surface area contributed by atoms with E-state index in [0.29, 0.717) is 0 Å². The van der Waals surface area contributed by atoms with Crippen molar-refractivity contribution in [2.45, 2.75) is 45.1 Å². The Morgan fingerprint density at radius 2 is 1.89 bits per heavy atom. The van der Waals surface area contributed by atoms with Crippen molar-refractivity contribution in [3.8, 4) is 6.07 Å². The predicted molar refractivity (Wildman–Crippen MR) is 108 cm³/mol. The van der Waals surface area contributed by atoms with Crippen molar-refractivity contribution in [2.75, 3.05) is 38.1 Å². The van der Waals surface area contributed by atoms with Crippen LogP contribution in [0.25, 0.3) is 0 Å². The molecule has 5 heteroatoms. The van der Waals surface area contributed by atoms with Crippen LogP contribution in [-0.2, 0) is 4.79 Å². The van der Waals surface area contributed by atoms with Crippen LogP contribution in [0.5, 0.6) is 0 Å². The summed E-state index contributed by atoms with van der Waals surface area (Å²) in [6.45, 7) is 5.53. The number of amides is 1. The van der Waals surface area contributed by atoms with Gasteiger partial charge in [-0.1, -0.05) is 31.4 Å². The number of hydrogen-bond donors (Lipinski definition) is 0. The molecule has 5 nitrogen and oxygen atoms in total. The zero-order valence-electron chi connectivity index (χ0n) is 16.5. The van der Waals surface area contributed by atoms with E-state index in [1.807, 2.05) is 7.05 Å².